The van der Waals surface area contributed by atoms with E-state index in [0.717, 1.165) is 36.8 Å². The molecule has 2 aromatic carbocycles. The molecule has 1 aromatic heterocycles. The van der Waals surface area contributed by atoms with Crippen LogP contribution in [0.5, 0.6) is 0 Å². The number of oxazole rings is 1. The zero-order chi connectivity index (χ0) is 22.1. The van der Waals surface area contributed by atoms with Gasteiger partial charge in [-0.3, -0.25) is 4.79 Å². The number of amides is 1. The second-order valence-corrected chi connectivity index (χ2v) is 10.2. The number of nitrogens with zero attached hydrogens (tertiary/aromatic N) is 3. The summed E-state index contributed by atoms with van der Waals surface area (Å²) in [6.07, 6.45) is 7.21. The minimum absolute atomic E-state index is 0.182. The Hall–Kier alpha value is -2.97. The summed E-state index contributed by atoms with van der Waals surface area (Å²) in [6.45, 7) is 1.26. The van der Waals surface area contributed by atoms with Crippen LogP contribution in [0.1, 0.15) is 29.9 Å². The Morgan fingerprint density at radius 2 is 1.72 bits per heavy atom. The fraction of sp³-hybridized carbons (Fsp3) is 0.333. The summed E-state index contributed by atoms with van der Waals surface area (Å²) in [7, 11) is -3.56. The van der Waals surface area contributed by atoms with Gasteiger partial charge in [-0.05, 0) is 61.1 Å². The van der Waals surface area contributed by atoms with Crippen molar-refractivity contribution in [3.05, 3.63) is 65.6 Å². The molecular weight excluding hydrogens is 426 g/mol. The molecule has 2 aliphatic rings. The van der Waals surface area contributed by atoms with Gasteiger partial charge < -0.3 is 9.32 Å². The van der Waals surface area contributed by atoms with E-state index in [1.165, 1.54) is 15.9 Å². The predicted molar refractivity (Wildman–Crippen MR) is 121 cm³/mol. The SMILES string of the molecule is O=C(/C=C/c1nc2ccccc2o1)N1CCN(S(=O)(=O)c2ccc3c(c2)CCCC3)CC1. The second-order valence-electron chi connectivity index (χ2n) is 8.22. The number of hydrogen-bond acceptors (Lipinski definition) is 5. The summed E-state index contributed by atoms with van der Waals surface area (Å²) in [5, 5.41) is 0. The van der Waals surface area contributed by atoms with Gasteiger partial charge in [-0.2, -0.15) is 4.31 Å². The van der Waals surface area contributed by atoms with E-state index in [1.807, 2.05) is 36.4 Å². The number of rotatable bonds is 4. The number of sulfonamides is 1. The predicted octanol–water partition coefficient (Wildman–Crippen LogP) is 3.25. The lowest BCUT2D eigenvalue weighted by molar-refractivity contribution is -0.127. The normalized spacial score (nSPS) is 17.7. The number of para-hydroxylation sites is 2. The highest BCUT2D eigenvalue weighted by molar-refractivity contribution is 7.89. The summed E-state index contributed by atoms with van der Waals surface area (Å²) in [5.41, 5.74) is 3.81. The molecule has 5 rings (SSSR count). The summed E-state index contributed by atoms with van der Waals surface area (Å²) in [5.74, 6) is 0.186. The lowest BCUT2D eigenvalue weighted by Gasteiger charge is -2.33. The Labute approximate surface area is 187 Å². The van der Waals surface area contributed by atoms with Gasteiger partial charge in [0.05, 0.1) is 4.90 Å². The number of aryl methyl sites for hydroxylation is 2. The monoisotopic (exact) mass is 451 g/mol. The molecule has 1 fully saturated rings. The van der Waals surface area contributed by atoms with Crippen molar-refractivity contribution in [2.24, 2.45) is 0 Å². The average Bonchev–Trinajstić information content (AvgIpc) is 3.25. The topological polar surface area (TPSA) is 83.7 Å². The molecule has 2 heterocycles. The Morgan fingerprint density at radius 1 is 0.969 bits per heavy atom. The van der Waals surface area contributed by atoms with Crippen LogP contribution in [0.3, 0.4) is 0 Å². The molecule has 1 aliphatic heterocycles. The van der Waals surface area contributed by atoms with Crippen LogP contribution in [0.15, 0.2) is 57.9 Å². The number of piperazine rings is 1. The highest BCUT2D eigenvalue weighted by Crippen LogP contribution is 2.26. The molecule has 0 saturated carbocycles. The van der Waals surface area contributed by atoms with E-state index in [2.05, 4.69) is 4.98 Å². The van der Waals surface area contributed by atoms with Crippen molar-refractivity contribution in [1.82, 2.24) is 14.2 Å². The zero-order valence-electron chi connectivity index (χ0n) is 17.7. The van der Waals surface area contributed by atoms with Crippen LogP contribution in [-0.4, -0.2) is 54.7 Å². The molecule has 0 bridgehead atoms. The van der Waals surface area contributed by atoms with Gasteiger partial charge in [0, 0.05) is 38.3 Å². The van der Waals surface area contributed by atoms with Crippen LogP contribution >= 0.6 is 0 Å². The fourth-order valence-corrected chi connectivity index (χ4v) is 5.85. The summed E-state index contributed by atoms with van der Waals surface area (Å²) in [6, 6.07) is 12.9. The van der Waals surface area contributed by atoms with Gasteiger partial charge in [-0.25, -0.2) is 13.4 Å². The number of hydrogen-bond donors (Lipinski definition) is 0. The molecule has 0 N–H and O–H groups in total. The van der Waals surface area contributed by atoms with E-state index >= 15 is 0 Å². The number of carbonyl (C=O) groups is 1. The van der Waals surface area contributed by atoms with Crippen LogP contribution in [0.4, 0.5) is 0 Å². The highest BCUT2D eigenvalue weighted by atomic mass is 32.2. The maximum Gasteiger partial charge on any atom is 0.246 e. The Bertz CT molecular complexity index is 1250. The minimum atomic E-state index is -3.56. The molecule has 0 unspecified atom stereocenters. The largest absolute Gasteiger partial charge is 0.437 e. The van der Waals surface area contributed by atoms with E-state index in [0.29, 0.717) is 29.5 Å². The fourth-order valence-electron chi connectivity index (χ4n) is 4.38. The first-order valence-electron chi connectivity index (χ1n) is 11.0. The van der Waals surface area contributed by atoms with Gasteiger partial charge in [0.2, 0.25) is 21.8 Å². The first-order valence-corrected chi connectivity index (χ1v) is 12.4. The van der Waals surface area contributed by atoms with Crippen LogP contribution in [0, 0.1) is 0 Å². The lowest BCUT2D eigenvalue weighted by atomic mass is 9.92. The molecule has 166 valence electrons. The number of fused-ring (bicyclic) bond motifs is 2. The molecule has 0 atom stereocenters. The molecule has 0 spiro atoms. The van der Waals surface area contributed by atoms with Crippen molar-refractivity contribution in [2.75, 3.05) is 26.2 Å². The van der Waals surface area contributed by atoms with Gasteiger partial charge >= 0.3 is 0 Å². The average molecular weight is 452 g/mol. The van der Waals surface area contributed by atoms with Gasteiger partial charge in [0.1, 0.15) is 5.52 Å². The number of aromatic nitrogens is 1. The van der Waals surface area contributed by atoms with Gasteiger partial charge in [0.25, 0.3) is 0 Å². The molecule has 7 nitrogen and oxygen atoms in total. The molecule has 32 heavy (non-hydrogen) atoms. The van der Waals surface area contributed by atoms with Crippen molar-refractivity contribution in [2.45, 2.75) is 30.6 Å². The summed E-state index contributed by atoms with van der Waals surface area (Å²) in [4.78, 5) is 18.9. The van der Waals surface area contributed by atoms with Crippen molar-refractivity contribution in [3.8, 4) is 0 Å². The lowest BCUT2D eigenvalue weighted by Crippen LogP contribution is -2.50. The Kier molecular flexibility index (Phi) is 5.57. The molecule has 8 heteroatoms. The van der Waals surface area contributed by atoms with Crippen molar-refractivity contribution < 1.29 is 17.6 Å². The second kappa shape index (κ2) is 8.52. The van der Waals surface area contributed by atoms with E-state index < -0.39 is 10.0 Å². The Balaban J connectivity index is 1.22. The maximum atomic E-state index is 13.1. The maximum absolute atomic E-state index is 13.1. The third kappa shape index (κ3) is 4.08. The van der Waals surface area contributed by atoms with E-state index in [4.69, 9.17) is 4.42 Å². The van der Waals surface area contributed by atoms with Crippen LogP contribution in [0.25, 0.3) is 17.2 Å². The van der Waals surface area contributed by atoms with E-state index in [-0.39, 0.29) is 19.0 Å². The quantitative estimate of drug-likeness (QED) is 0.569. The minimum Gasteiger partial charge on any atom is -0.437 e. The van der Waals surface area contributed by atoms with E-state index in [1.54, 1.807) is 17.0 Å². The zero-order valence-corrected chi connectivity index (χ0v) is 18.6. The van der Waals surface area contributed by atoms with Crippen molar-refractivity contribution >= 4 is 33.1 Å². The third-order valence-corrected chi connectivity index (χ3v) is 8.08. The van der Waals surface area contributed by atoms with Crippen LogP contribution < -0.4 is 0 Å². The molecule has 3 aromatic rings. The molecule has 0 radical (unpaired) electrons. The van der Waals surface area contributed by atoms with Gasteiger partial charge in [-0.15, -0.1) is 0 Å². The Morgan fingerprint density at radius 3 is 2.50 bits per heavy atom. The smallest absolute Gasteiger partial charge is 0.246 e. The molecular formula is C24H25N3O4S. The van der Waals surface area contributed by atoms with Crippen LogP contribution in [0.2, 0.25) is 0 Å². The number of benzene rings is 2. The third-order valence-electron chi connectivity index (χ3n) is 6.19. The molecule has 1 amide bonds. The van der Waals surface area contributed by atoms with Crippen molar-refractivity contribution in [3.63, 3.8) is 0 Å². The highest BCUT2D eigenvalue weighted by Gasteiger charge is 2.30. The first kappa shape index (κ1) is 20.9. The van der Waals surface area contributed by atoms with Gasteiger partial charge in [-0.1, -0.05) is 18.2 Å². The first-order chi connectivity index (χ1) is 15.5. The van der Waals surface area contributed by atoms with Gasteiger partial charge in [0.15, 0.2) is 5.58 Å². The summed E-state index contributed by atoms with van der Waals surface area (Å²) >= 11 is 0. The number of carbonyl (C=O) groups excluding carboxylic acids is 1. The summed E-state index contributed by atoms with van der Waals surface area (Å²) < 4.78 is 33.3. The molecule has 1 aliphatic carbocycles. The molecule has 1 saturated heterocycles. The van der Waals surface area contributed by atoms with Crippen molar-refractivity contribution in [1.29, 1.82) is 0 Å². The van der Waals surface area contributed by atoms with E-state index in [9.17, 15) is 13.2 Å². The standard InChI is InChI=1S/C24H25N3O4S/c28-24(12-11-23-25-21-7-3-4-8-22(21)31-23)26-13-15-27(16-14-26)32(29,30)20-10-9-18-5-1-2-6-19(18)17-20/h3-4,7-12,17H,1-2,5-6,13-16H2/b12-11+. The van der Waals surface area contributed by atoms with Crippen LogP contribution in [-0.2, 0) is 27.7 Å².